The number of hydrogen-bond donors (Lipinski definition) is 1. The van der Waals surface area contributed by atoms with Crippen molar-refractivity contribution in [3.8, 4) is 0 Å². The van der Waals surface area contributed by atoms with Crippen LogP contribution in [0.25, 0.3) is 21.7 Å². The minimum Gasteiger partial charge on any atom is -0.478 e. The summed E-state index contributed by atoms with van der Waals surface area (Å²) >= 11 is 6.11. The van der Waals surface area contributed by atoms with Crippen molar-refractivity contribution in [3.05, 3.63) is 101 Å². The quantitative estimate of drug-likeness (QED) is 0.365. The molecule has 0 atom stereocenters. The number of sulfone groups is 1. The first-order valence-electron chi connectivity index (χ1n) is 10.1. The van der Waals surface area contributed by atoms with Crippen LogP contribution >= 0.6 is 11.6 Å². The number of carboxylic acids is 1. The minimum atomic E-state index is -4.07. The molecular formula is C25H17ClN2O4S. The molecule has 0 aliphatic heterocycles. The van der Waals surface area contributed by atoms with Gasteiger partial charge in [0, 0.05) is 15.8 Å². The third-order valence-corrected chi connectivity index (χ3v) is 7.46. The number of aromatic nitrogens is 2. The molecule has 0 saturated heterocycles. The van der Waals surface area contributed by atoms with Gasteiger partial charge in [0.1, 0.15) is 0 Å². The number of carbonyl (C=O) groups is 1. The fraction of sp³-hybridized carbons (Fsp3) is 0.0400. The van der Waals surface area contributed by atoms with E-state index in [1.54, 1.807) is 53.2 Å². The van der Waals surface area contributed by atoms with E-state index in [0.29, 0.717) is 15.9 Å². The number of rotatable bonds is 5. The van der Waals surface area contributed by atoms with E-state index in [2.05, 4.69) is 5.10 Å². The van der Waals surface area contributed by atoms with Gasteiger partial charge >= 0.3 is 5.97 Å². The number of aromatic carboxylic acids is 1. The van der Waals surface area contributed by atoms with Crippen molar-refractivity contribution < 1.29 is 18.3 Å². The number of fused-ring (bicyclic) bond motifs is 2. The van der Waals surface area contributed by atoms with Gasteiger partial charge in [-0.1, -0.05) is 60.1 Å². The summed E-state index contributed by atoms with van der Waals surface area (Å²) < 4.78 is 29.2. The van der Waals surface area contributed by atoms with Gasteiger partial charge in [-0.3, -0.25) is 4.68 Å². The van der Waals surface area contributed by atoms with E-state index >= 15 is 0 Å². The molecule has 6 nitrogen and oxygen atoms in total. The number of benzene rings is 4. The lowest BCUT2D eigenvalue weighted by molar-refractivity contribution is 0.0697. The molecule has 0 radical (unpaired) electrons. The highest BCUT2D eigenvalue weighted by Gasteiger charge is 2.28. The number of carboxylic acid groups (broad SMARTS) is 1. The van der Waals surface area contributed by atoms with Crippen LogP contribution < -0.4 is 0 Å². The van der Waals surface area contributed by atoms with E-state index in [-0.39, 0.29) is 27.4 Å². The Hall–Kier alpha value is -3.68. The Morgan fingerprint density at radius 2 is 1.67 bits per heavy atom. The summed E-state index contributed by atoms with van der Waals surface area (Å²) in [5, 5.41) is 15.9. The van der Waals surface area contributed by atoms with E-state index in [9.17, 15) is 18.3 Å². The molecule has 164 valence electrons. The van der Waals surface area contributed by atoms with Gasteiger partial charge in [0.25, 0.3) is 0 Å². The average Bonchev–Trinajstić information content (AvgIpc) is 3.17. The molecule has 1 aromatic heterocycles. The highest BCUT2D eigenvalue weighted by molar-refractivity contribution is 7.91. The van der Waals surface area contributed by atoms with E-state index in [1.165, 1.54) is 12.1 Å². The van der Waals surface area contributed by atoms with Crippen LogP contribution in [0, 0.1) is 0 Å². The smallest absolute Gasteiger partial charge is 0.335 e. The van der Waals surface area contributed by atoms with Gasteiger partial charge in [0.2, 0.25) is 9.84 Å². The van der Waals surface area contributed by atoms with Crippen LogP contribution in [0.4, 0.5) is 0 Å². The van der Waals surface area contributed by atoms with Crippen LogP contribution in [0.1, 0.15) is 15.9 Å². The van der Waals surface area contributed by atoms with Crippen molar-refractivity contribution >= 4 is 49.1 Å². The lowest BCUT2D eigenvalue weighted by Crippen LogP contribution is -2.07. The molecule has 1 N–H and O–H groups in total. The SMILES string of the molecule is O=C(O)c1ccc2c(c1)c(S(=O)(=O)c1cccc3ccccc13)nn2Cc1cccc(Cl)c1. The van der Waals surface area contributed by atoms with Crippen molar-refractivity contribution in [1.82, 2.24) is 9.78 Å². The van der Waals surface area contributed by atoms with Gasteiger partial charge in [-0.2, -0.15) is 5.10 Å². The first-order chi connectivity index (χ1) is 15.8. The molecule has 5 aromatic rings. The molecule has 0 spiro atoms. The Balaban J connectivity index is 1.76. The largest absolute Gasteiger partial charge is 0.478 e. The molecule has 8 heteroatoms. The summed E-state index contributed by atoms with van der Waals surface area (Å²) in [6.07, 6.45) is 0. The van der Waals surface area contributed by atoms with Crippen molar-refractivity contribution in [1.29, 1.82) is 0 Å². The fourth-order valence-electron chi connectivity index (χ4n) is 3.94. The Kier molecular flexibility index (Phi) is 5.15. The van der Waals surface area contributed by atoms with Crippen LogP contribution in [-0.4, -0.2) is 29.3 Å². The highest BCUT2D eigenvalue weighted by atomic mass is 35.5. The van der Waals surface area contributed by atoms with Gasteiger partial charge in [0.15, 0.2) is 5.03 Å². The molecule has 0 amide bonds. The molecule has 5 rings (SSSR count). The third-order valence-electron chi connectivity index (χ3n) is 5.48. The Morgan fingerprint density at radius 1 is 0.909 bits per heavy atom. The molecule has 0 fully saturated rings. The highest BCUT2D eigenvalue weighted by Crippen LogP contribution is 2.33. The summed E-state index contributed by atoms with van der Waals surface area (Å²) in [6.45, 7) is 0.272. The topological polar surface area (TPSA) is 89.3 Å². The summed E-state index contributed by atoms with van der Waals surface area (Å²) in [5.41, 5.74) is 1.33. The fourth-order valence-corrected chi connectivity index (χ4v) is 5.76. The molecule has 33 heavy (non-hydrogen) atoms. The maximum Gasteiger partial charge on any atom is 0.335 e. The molecule has 1 heterocycles. The maximum absolute atomic E-state index is 13.8. The van der Waals surface area contributed by atoms with Crippen molar-refractivity contribution in [3.63, 3.8) is 0 Å². The van der Waals surface area contributed by atoms with E-state index in [4.69, 9.17) is 11.6 Å². The molecule has 4 aromatic carbocycles. The molecule has 0 aliphatic carbocycles. The Bertz CT molecular complexity index is 1650. The molecule has 0 aliphatic rings. The van der Waals surface area contributed by atoms with Crippen LogP contribution in [0.3, 0.4) is 0 Å². The van der Waals surface area contributed by atoms with Crippen LogP contribution in [0.15, 0.2) is 94.9 Å². The summed E-state index contributed by atoms with van der Waals surface area (Å²) in [7, 11) is -4.07. The van der Waals surface area contributed by atoms with Crippen molar-refractivity contribution in [2.24, 2.45) is 0 Å². The molecular weight excluding hydrogens is 460 g/mol. The zero-order valence-electron chi connectivity index (χ0n) is 17.1. The predicted octanol–water partition coefficient (Wildman–Crippen LogP) is 5.42. The predicted molar refractivity (Wildman–Crippen MR) is 127 cm³/mol. The number of nitrogens with zero attached hydrogens (tertiary/aromatic N) is 2. The summed E-state index contributed by atoms with van der Waals surface area (Å²) in [5.74, 6) is -1.15. The maximum atomic E-state index is 13.8. The van der Waals surface area contributed by atoms with E-state index in [0.717, 1.165) is 10.9 Å². The standard InChI is InChI=1S/C25H17ClN2O4S/c26-19-8-3-5-16(13-19)15-28-22-12-11-18(25(29)30)14-21(22)24(27-28)33(31,32)23-10-4-7-17-6-1-2-9-20(17)23/h1-14H,15H2,(H,29,30). The van der Waals surface area contributed by atoms with E-state index in [1.807, 2.05) is 24.3 Å². The lowest BCUT2D eigenvalue weighted by Gasteiger charge is -2.07. The zero-order chi connectivity index (χ0) is 23.2. The molecule has 0 saturated carbocycles. The normalized spacial score (nSPS) is 11.8. The van der Waals surface area contributed by atoms with Crippen LogP contribution in [0.5, 0.6) is 0 Å². The summed E-state index contributed by atoms with van der Waals surface area (Å²) in [4.78, 5) is 11.7. The van der Waals surface area contributed by atoms with Gasteiger partial charge in [-0.25, -0.2) is 13.2 Å². The second-order valence-electron chi connectivity index (χ2n) is 7.61. The van der Waals surface area contributed by atoms with Gasteiger partial charge in [0.05, 0.1) is 22.5 Å². The molecule has 0 bridgehead atoms. The third kappa shape index (κ3) is 3.75. The zero-order valence-corrected chi connectivity index (χ0v) is 18.7. The molecule has 0 unspecified atom stereocenters. The van der Waals surface area contributed by atoms with Gasteiger partial charge < -0.3 is 5.11 Å². The number of hydrogen-bond acceptors (Lipinski definition) is 4. The van der Waals surface area contributed by atoms with Gasteiger partial charge in [-0.15, -0.1) is 0 Å². The first-order valence-corrected chi connectivity index (χ1v) is 11.9. The minimum absolute atomic E-state index is 0.0147. The monoisotopic (exact) mass is 476 g/mol. The second-order valence-corrected chi connectivity index (χ2v) is 9.88. The lowest BCUT2D eigenvalue weighted by atomic mass is 10.1. The van der Waals surface area contributed by atoms with Crippen LogP contribution in [0.2, 0.25) is 5.02 Å². The van der Waals surface area contributed by atoms with Gasteiger partial charge in [-0.05, 0) is 47.3 Å². The second kappa shape index (κ2) is 8.03. The number of halogens is 1. The first kappa shape index (κ1) is 21.2. The van der Waals surface area contributed by atoms with Crippen LogP contribution in [-0.2, 0) is 16.4 Å². The Labute approximate surface area is 194 Å². The summed E-state index contributed by atoms with van der Waals surface area (Å²) in [6, 6.07) is 23.8. The average molecular weight is 477 g/mol. The Morgan fingerprint density at radius 3 is 2.45 bits per heavy atom. The van der Waals surface area contributed by atoms with Crippen molar-refractivity contribution in [2.75, 3.05) is 0 Å². The van der Waals surface area contributed by atoms with Crippen molar-refractivity contribution in [2.45, 2.75) is 16.5 Å². The van der Waals surface area contributed by atoms with E-state index < -0.39 is 15.8 Å².